The van der Waals surface area contributed by atoms with Crippen molar-refractivity contribution < 1.29 is 18.3 Å². The standard InChI is InChI=1S/C17H14BrF2N5O2/c1-25-15(12(18)8-22-25)11-6-10(7-21-16(11)27-2)23-17(26)24-14-4-3-9(19)5-13(14)20/h3-8H,1-2H3,(H2,23,24,26). The minimum Gasteiger partial charge on any atom is -0.481 e. The molecule has 0 unspecified atom stereocenters. The van der Waals surface area contributed by atoms with Gasteiger partial charge in [-0.25, -0.2) is 18.6 Å². The molecule has 2 aromatic heterocycles. The Morgan fingerprint density at radius 1 is 1.22 bits per heavy atom. The fourth-order valence-electron chi connectivity index (χ4n) is 2.44. The molecule has 0 bridgehead atoms. The summed E-state index contributed by atoms with van der Waals surface area (Å²) in [7, 11) is 3.23. The molecule has 1 aromatic carbocycles. The molecular weight excluding hydrogens is 424 g/mol. The molecular formula is C17H14BrF2N5O2. The average Bonchev–Trinajstić information content (AvgIpc) is 2.96. The third-order valence-electron chi connectivity index (χ3n) is 3.63. The molecule has 27 heavy (non-hydrogen) atoms. The zero-order chi connectivity index (χ0) is 19.6. The van der Waals surface area contributed by atoms with Gasteiger partial charge in [-0.15, -0.1) is 0 Å². The second kappa shape index (κ2) is 7.70. The lowest BCUT2D eigenvalue weighted by molar-refractivity contribution is 0.262. The number of methoxy groups -OCH3 is 1. The number of hydrogen-bond acceptors (Lipinski definition) is 4. The Balaban J connectivity index is 1.85. The smallest absolute Gasteiger partial charge is 0.323 e. The lowest BCUT2D eigenvalue weighted by Crippen LogP contribution is -2.20. The van der Waals surface area contributed by atoms with Crippen molar-refractivity contribution in [1.82, 2.24) is 14.8 Å². The van der Waals surface area contributed by atoms with E-state index in [9.17, 15) is 13.6 Å². The predicted octanol–water partition coefficient (Wildman–Crippen LogP) is 4.18. The highest BCUT2D eigenvalue weighted by molar-refractivity contribution is 9.10. The SMILES string of the molecule is COc1ncc(NC(=O)Nc2ccc(F)cc2F)cc1-c1c(Br)cnn1C. The number of nitrogens with one attached hydrogen (secondary N) is 2. The number of nitrogens with zero attached hydrogens (tertiary/aromatic N) is 3. The van der Waals surface area contributed by atoms with Crippen molar-refractivity contribution in [2.45, 2.75) is 0 Å². The summed E-state index contributed by atoms with van der Waals surface area (Å²) < 4.78 is 34.2. The number of halogens is 3. The maximum Gasteiger partial charge on any atom is 0.323 e. The Morgan fingerprint density at radius 2 is 2.00 bits per heavy atom. The summed E-state index contributed by atoms with van der Waals surface area (Å²) >= 11 is 3.41. The molecule has 0 atom stereocenters. The Kier molecular flexibility index (Phi) is 5.36. The van der Waals surface area contributed by atoms with Crippen molar-refractivity contribution in [3.8, 4) is 17.1 Å². The van der Waals surface area contributed by atoms with Gasteiger partial charge < -0.3 is 15.4 Å². The molecule has 2 N–H and O–H groups in total. The van der Waals surface area contributed by atoms with Gasteiger partial charge in [0.25, 0.3) is 0 Å². The van der Waals surface area contributed by atoms with Crippen molar-refractivity contribution in [2.24, 2.45) is 7.05 Å². The van der Waals surface area contributed by atoms with Gasteiger partial charge in [-0.3, -0.25) is 4.68 Å². The van der Waals surface area contributed by atoms with Crippen molar-refractivity contribution in [3.05, 3.63) is 52.8 Å². The zero-order valence-electron chi connectivity index (χ0n) is 14.3. The number of anilines is 2. The first-order valence-electron chi connectivity index (χ1n) is 7.64. The number of rotatable bonds is 4. The molecule has 3 rings (SSSR count). The van der Waals surface area contributed by atoms with Crippen LogP contribution in [0.15, 0.2) is 41.1 Å². The minimum atomic E-state index is -0.877. The number of ether oxygens (including phenoxy) is 1. The number of hydrogen-bond donors (Lipinski definition) is 2. The molecule has 0 spiro atoms. The molecule has 0 saturated heterocycles. The topological polar surface area (TPSA) is 81.1 Å². The van der Waals surface area contributed by atoms with Gasteiger partial charge in [0, 0.05) is 13.1 Å². The molecule has 2 heterocycles. The summed E-state index contributed by atoms with van der Waals surface area (Å²) in [6, 6.07) is 3.81. The van der Waals surface area contributed by atoms with Crippen LogP contribution in [0.25, 0.3) is 11.3 Å². The molecule has 7 nitrogen and oxygen atoms in total. The van der Waals surface area contributed by atoms with E-state index in [-0.39, 0.29) is 5.69 Å². The fourth-order valence-corrected chi connectivity index (χ4v) is 3.00. The summed E-state index contributed by atoms with van der Waals surface area (Å²) in [5, 5.41) is 9.01. The Bertz CT molecular complexity index is 989. The van der Waals surface area contributed by atoms with E-state index in [1.54, 1.807) is 24.0 Å². The maximum atomic E-state index is 13.7. The molecule has 0 saturated carbocycles. The van der Waals surface area contributed by atoms with Gasteiger partial charge in [-0.05, 0) is 34.1 Å². The molecule has 3 aromatic rings. The van der Waals surface area contributed by atoms with Gasteiger partial charge in [0.15, 0.2) is 0 Å². The molecule has 140 valence electrons. The second-order valence-electron chi connectivity index (χ2n) is 5.45. The molecule has 0 aliphatic heterocycles. The summed E-state index contributed by atoms with van der Waals surface area (Å²) in [4.78, 5) is 16.3. The predicted molar refractivity (Wildman–Crippen MR) is 99.7 cm³/mol. The molecule has 0 radical (unpaired) electrons. The summed E-state index contributed by atoms with van der Waals surface area (Å²) in [6.07, 6.45) is 3.02. The molecule has 0 fully saturated rings. The van der Waals surface area contributed by atoms with Gasteiger partial charge in [0.2, 0.25) is 5.88 Å². The fraction of sp³-hybridized carbons (Fsp3) is 0.118. The van der Waals surface area contributed by atoms with Crippen LogP contribution >= 0.6 is 15.9 Å². The largest absolute Gasteiger partial charge is 0.481 e. The average molecular weight is 438 g/mol. The lowest BCUT2D eigenvalue weighted by Gasteiger charge is -2.12. The van der Waals surface area contributed by atoms with Crippen molar-refractivity contribution in [3.63, 3.8) is 0 Å². The van der Waals surface area contributed by atoms with Crippen LogP contribution in [0.5, 0.6) is 5.88 Å². The van der Waals surface area contributed by atoms with E-state index in [4.69, 9.17) is 4.74 Å². The first kappa shape index (κ1) is 18.8. The summed E-state index contributed by atoms with van der Waals surface area (Å²) in [5.41, 5.74) is 1.49. The zero-order valence-corrected chi connectivity index (χ0v) is 15.8. The first-order valence-corrected chi connectivity index (χ1v) is 8.43. The number of carbonyl (C=O) groups excluding carboxylic acids is 1. The van der Waals surface area contributed by atoms with E-state index in [0.717, 1.165) is 16.6 Å². The Morgan fingerprint density at radius 3 is 2.63 bits per heavy atom. The maximum absolute atomic E-state index is 13.7. The van der Waals surface area contributed by atoms with E-state index in [1.165, 1.54) is 13.3 Å². The quantitative estimate of drug-likeness (QED) is 0.641. The number of pyridine rings is 1. The van der Waals surface area contributed by atoms with Gasteiger partial charge >= 0.3 is 6.03 Å². The van der Waals surface area contributed by atoms with Crippen molar-refractivity contribution >= 4 is 33.3 Å². The number of amides is 2. The number of carbonyl (C=O) groups is 1. The highest BCUT2D eigenvalue weighted by Gasteiger charge is 2.17. The third kappa shape index (κ3) is 4.05. The second-order valence-corrected chi connectivity index (χ2v) is 6.30. The molecule has 0 aliphatic carbocycles. The number of benzene rings is 1. The van der Waals surface area contributed by atoms with Crippen LogP contribution in [0.2, 0.25) is 0 Å². The number of urea groups is 1. The van der Waals surface area contributed by atoms with E-state index in [1.807, 2.05) is 0 Å². The van der Waals surface area contributed by atoms with Crippen LogP contribution in [-0.2, 0) is 7.05 Å². The summed E-state index contributed by atoms with van der Waals surface area (Å²) in [6.45, 7) is 0. The van der Waals surface area contributed by atoms with Crippen molar-refractivity contribution in [2.75, 3.05) is 17.7 Å². The minimum absolute atomic E-state index is 0.148. The van der Waals surface area contributed by atoms with Crippen LogP contribution in [0.4, 0.5) is 25.0 Å². The highest BCUT2D eigenvalue weighted by Crippen LogP contribution is 2.34. The lowest BCUT2D eigenvalue weighted by atomic mass is 10.2. The third-order valence-corrected chi connectivity index (χ3v) is 4.21. The summed E-state index contributed by atoms with van der Waals surface area (Å²) in [5.74, 6) is -1.27. The highest BCUT2D eigenvalue weighted by atomic mass is 79.9. The molecule has 10 heteroatoms. The first-order chi connectivity index (χ1) is 12.9. The number of aryl methyl sites for hydroxylation is 1. The Hall–Kier alpha value is -3.01. The van der Waals surface area contributed by atoms with Crippen molar-refractivity contribution in [1.29, 1.82) is 0 Å². The van der Waals surface area contributed by atoms with Crippen LogP contribution in [0.3, 0.4) is 0 Å². The normalized spacial score (nSPS) is 10.6. The monoisotopic (exact) mass is 437 g/mol. The van der Waals surface area contributed by atoms with E-state index < -0.39 is 17.7 Å². The van der Waals surface area contributed by atoms with Gasteiger partial charge in [0.05, 0.1) is 46.6 Å². The van der Waals surface area contributed by atoms with E-state index in [0.29, 0.717) is 28.9 Å². The van der Waals surface area contributed by atoms with Crippen LogP contribution < -0.4 is 15.4 Å². The van der Waals surface area contributed by atoms with Crippen LogP contribution in [-0.4, -0.2) is 27.9 Å². The molecule has 2 amide bonds. The number of aromatic nitrogens is 3. The van der Waals surface area contributed by atoms with Crippen LogP contribution in [0.1, 0.15) is 0 Å². The van der Waals surface area contributed by atoms with E-state index in [2.05, 4.69) is 36.6 Å². The molecule has 0 aliphatic rings. The van der Waals surface area contributed by atoms with E-state index >= 15 is 0 Å². The van der Waals surface area contributed by atoms with Gasteiger partial charge in [-0.1, -0.05) is 0 Å². The van der Waals surface area contributed by atoms with Gasteiger partial charge in [-0.2, -0.15) is 5.10 Å². The Labute approximate surface area is 161 Å². The van der Waals surface area contributed by atoms with Crippen LogP contribution in [0, 0.1) is 11.6 Å². The van der Waals surface area contributed by atoms with Gasteiger partial charge in [0.1, 0.15) is 11.6 Å².